The van der Waals surface area contributed by atoms with Gasteiger partial charge in [0.05, 0.1) is 4.90 Å². The van der Waals surface area contributed by atoms with Crippen molar-refractivity contribution in [2.75, 3.05) is 6.61 Å². The van der Waals surface area contributed by atoms with Gasteiger partial charge in [0.15, 0.2) is 0 Å². The lowest BCUT2D eigenvalue weighted by Crippen LogP contribution is -2.33. The molecule has 1 rings (SSSR count). The normalized spacial score (nSPS) is 12.2. The number of hydrogen-bond donors (Lipinski definition) is 0. The average molecular weight is 286 g/mol. The Balaban J connectivity index is 2.76. The Labute approximate surface area is 113 Å². The minimum Gasteiger partial charge on any atom is -0.457 e. The summed E-state index contributed by atoms with van der Waals surface area (Å²) in [6, 6.07) is 6.33. The fraction of sp³-hybridized carbons (Fsp3) is 0.462. The van der Waals surface area contributed by atoms with E-state index in [0.29, 0.717) is 0 Å². The summed E-state index contributed by atoms with van der Waals surface area (Å²) < 4.78 is 33.7. The molecule has 19 heavy (non-hydrogen) atoms. The Hall–Kier alpha value is -1.40. The van der Waals surface area contributed by atoms with Crippen LogP contribution >= 0.6 is 0 Å². The molecule has 0 aliphatic heterocycles. The molecule has 1 aromatic rings. The number of aryl methyl sites for hydroxylation is 1. The quantitative estimate of drug-likeness (QED) is 0.612. The van der Waals surface area contributed by atoms with Crippen LogP contribution in [0, 0.1) is 6.92 Å². The van der Waals surface area contributed by atoms with E-state index in [2.05, 4.69) is 0 Å². The van der Waals surface area contributed by atoms with E-state index in [0.717, 1.165) is 5.56 Å². The standard InChI is InChI=1S/C13H18O5S/c1-10-5-7-12(8-6-10)19(15,16)17-9-13(3,4)18-11(2)14/h5-8H,9H2,1-4H3. The molecule has 0 atom stereocenters. The highest BCUT2D eigenvalue weighted by molar-refractivity contribution is 7.86. The van der Waals surface area contributed by atoms with E-state index in [1.54, 1.807) is 26.0 Å². The first-order chi connectivity index (χ1) is 8.62. The van der Waals surface area contributed by atoms with Crippen molar-refractivity contribution >= 4 is 16.1 Å². The van der Waals surface area contributed by atoms with E-state index in [4.69, 9.17) is 8.92 Å². The highest BCUT2D eigenvalue weighted by atomic mass is 32.2. The summed E-state index contributed by atoms with van der Waals surface area (Å²) in [4.78, 5) is 10.9. The van der Waals surface area contributed by atoms with Crippen LogP contribution in [-0.2, 0) is 23.8 Å². The Morgan fingerprint density at radius 3 is 2.21 bits per heavy atom. The minimum absolute atomic E-state index is 0.0803. The molecule has 0 amide bonds. The zero-order valence-electron chi connectivity index (χ0n) is 11.5. The van der Waals surface area contributed by atoms with Gasteiger partial charge in [0.2, 0.25) is 0 Å². The SMILES string of the molecule is CC(=O)OC(C)(C)COS(=O)(=O)c1ccc(C)cc1. The van der Waals surface area contributed by atoms with Crippen molar-refractivity contribution in [1.82, 2.24) is 0 Å². The van der Waals surface area contributed by atoms with Crippen molar-refractivity contribution in [3.63, 3.8) is 0 Å². The zero-order chi connectivity index (χ0) is 14.7. The Morgan fingerprint density at radius 1 is 1.21 bits per heavy atom. The Kier molecular flexibility index (Phi) is 4.70. The van der Waals surface area contributed by atoms with E-state index in [1.807, 2.05) is 6.92 Å². The Bertz CT molecular complexity index is 543. The molecule has 0 saturated carbocycles. The fourth-order valence-electron chi connectivity index (χ4n) is 1.41. The first kappa shape index (κ1) is 15.7. The smallest absolute Gasteiger partial charge is 0.303 e. The third-order valence-corrected chi connectivity index (χ3v) is 3.57. The molecule has 5 nitrogen and oxygen atoms in total. The van der Waals surface area contributed by atoms with Crippen LogP contribution in [0.1, 0.15) is 26.3 Å². The second-order valence-corrected chi connectivity index (χ2v) is 6.50. The topological polar surface area (TPSA) is 69.7 Å². The number of carbonyl (C=O) groups excluding carboxylic acids is 1. The van der Waals surface area contributed by atoms with E-state index in [9.17, 15) is 13.2 Å². The maximum atomic E-state index is 11.9. The monoisotopic (exact) mass is 286 g/mol. The summed E-state index contributed by atoms with van der Waals surface area (Å²) in [7, 11) is -3.84. The summed E-state index contributed by atoms with van der Waals surface area (Å²) in [6.07, 6.45) is 0. The first-order valence-electron chi connectivity index (χ1n) is 5.78. The van der Waals surface area contributed by atoms with Gasteiger partial charge < -0.3 is 4.74 Å². The van der Waals surface area contributed by atoms with Crippen LogP contribution in [0.3, 0.4) is 0 Å². The molecular weight excluding hydrogens is 268 g/mol. The maximum absolute atomic E-state index is 11.9. The molecule has 6 heteroatoms. The van der Waals surface area contributed by atoms with Gasteiger partial charge in [-0.25, -0.2) is 0 Å². The first-order valence-corrected chi connectivity index (χ1v) is 7.19. The highest BCUT2D eigenvalue weighted by Gasteiger charge is 2.26. The van der Waals surface area contributed by atoms with Crippen LogP contribution in [0.15, 0.2) is 29.2 Å². The number of hydrogen-bond acceptors (Lipinski definition) is 5. The number of esters is 1. The highest BCUT2D eigenvalue weighted by Crippen LogP contribution is 2.17. The molecule has 0 heterocycles. The minimum atomic E-state index is -3.84. The van der Waals surface area contributed by atoms with Crippen LogP contribution in [0.2, 0.25) is 0 Å². The molecule has 0 fully saturated rings. The van der Waals surface area contributed by atoms with Gasteiger partial charge in [-0.1, -0.05) is 17.7 Å². The Morgan fingerprint density at radius 2 is 1.74 bits per heavy atom. The predicted molar refractivity (Wildman–Crippen MR) is 70.2 cm³/mol. The van der Waals surface area contributed by atoms with Crippen molar-refractivity contribution in [2.45, 2.75) is 38.2 Å². The molecule has 0 aromatic heterocycles. The average Bonchev–Trinajstić information content (AvgIpc) is 2.26. The van der Waals surface area contributed by atoms with Crippen LogP contribution in [0.4, 0.5) is 0 Å². The van der Waals surface area contributed by atoms with Gasteiger partial charge in [0, 0.05) is 6.92 Å². The zero-order valence-corrected chi connectivity index (χ0v) is 12.3. The molecule has 1 aromatic carbocycles. The second kappa shape index (κ2) is 5.71. The summed E-state index contributed by atoms with van der Waals surface area (Å²) in [6.45, 7) is 6.05. The number of benzene rings is 1. The molecule has 0 spiro atoms. The number of carbonyl (C=O) groups is 1. The van der Waals surface area contributed by atoms with Crippen LogP contribution in [0.5, 0.6) is 0 Å². The van der Waals surface area contributed by atoms with Crippen molar-refractivity contribution in [3.8, 4) is 0 Å². The van der Waals surface area contributed by atoms with Gasteiger partial charge in [-0.15, -0.1) is 0 Å². The number of rotatable bonds is 5. The lowest BCUT2D eigenvalue weighted by molar-refractivity contribution is -0.156. The van der Waals surface area contributed by atoms with Gasteiger partial charge in [0.25, 0.3) is 10.1 Å². The van der Waals surface area contributed by atoms with Gasteiger partial charge in [-0.3, -0.25) is 8.98 Å². The van der Waals surface area contributed by atoms with Crippen molar-refractivity contribution in [1.29, 1.82) is 0 Å². The largest absolute Gasteiger partial charge is 0.457 e. The van der Waals surface area contributed by atoms with Gasteiger partial charge in [-0.05, 0) is 32.9 Å². The third-order valence-electron chi connectivity index (χ3n) is 2.29. The summed E-state index contributed by atoms with van der Waals surface area (Å²) >= 11 is 0. The summed E-state index contributed by atoms with van der Waals surface area (Å²) in [5.41, 5.74) is -0.0388. The van der Waals surface area contributed by atoms with Crippen LogP contribution in [-0.4, -0.2) is 26.6 Å². The molecule has 0 unspecified atom stereocenters. The van der Waals surface area contributed by atoms with Gasteiger partial charge in [0.1, 0.15) is 12.2 Å². The molecule has 0 bridgehead atoms. The molecule has 0 N–H and O–H groups in total. The van der Waals surface area contributed by atoms with E-state index < -0.39 is 21.7 Å². The van der Waals surface area contributed by atoms with E-state index >= 15 is 0 Å². The summed E-state index contributed by atoms with van der Waals surface area (Å²) in [5.74, 6) is -0.485. The van der Waals surface area contributed by atoms with Gasteiger partial charge >= 0.3 is 5.97 Å². The second-order valence-electron chi connectivity index (χ2n) is 4.88. The summed E-state index contributed by atoms with van der Waals surface area (Å²) in [5, 5.41) is 0. The van der Waals surface area contributed by atoms with E-state index in [-0.39, 0.29) is 11.5 Å². The molecule has 0 radical (unpaired) electrons. The van der Waals surface area contributed by atoms with Crippen molar-refractivity contribution < 1.29 is 22.1 Å². The lowest BCUT2D eigenvalue weighted by atomic mass is 10.1. The van der Waals surface area contributed by atoms with Crippen molar-refractivity contribution in [3.05, 3.63) is 29.8 Å². The maximum Gasteiger partial charge on any atom is 0.303 e. The van der Waals surface area contributed by atoms with Crippen LogP contribution < -0.4 is 0 Å². The van der Waals surface area contributed by atoms with Crippen molar-refractivity contribution in [2.24, 2.45) is 0 Å². The van der Waals surface area contributed by atoms with Gasteiger partial charge in [-0.2, -0.15) is 8.42 Å². The third kappa shape index (κ3) is 5.00. The van der Waals surface area contributed by atoms with Crippen LogP contribution in [0.25, 0.3) is 0 Å². The molecule has 0 saturated heterocycles. The molecule has 0 aliphatic rings. The molecular formula is C13H18O5S. The number of ether oxygens (including phenoxy) is 1. The molecule has 0 aliphatic carbocycles. The molecule has 106 valence electrons. The predicted octanol–water partition coefficient (Wildman–Crippen LogP) is 2.04. The fourth-order valence-corrected chi connectivity index (χ4v) is 2.46. The van der Waals surface area contributed by atoms with E-state index in [1.165, 1.54) is 19.1 Å². The lowest BCUT2D eigenvalue weighted by Gasteiger charge is -2.23.